The highest BCUT2D eigenvalue weighted by atomic mass is 32.2. The summed E-state index contributed by atoms with van der Waals surface area (Å²) in [5.41, 5.74) is 0. The van der Waals surface area contributed by atoms with Crippen LogP contribution in [0, 0.1) is 0 Å². The topological polar surface area (TPSA) is 46.2 Å². The molecule has 0 aliphatic rings. The van der Waals surface area contributed by atoms with Crippen LogP contribution in [0.25, 0.3) is 0 Å². The van der Waals surface area contributed by atoms with Crippen molar-refractivity contribution in [2.24, 2.45) is 0 Å². The highest BCUT2D eigenvalue weighted by Crippen LogP contribution is 2.20. The normalized spacial score (nSPS) is 13.1. The van der Waals surface area contributed by atoms with Gasteiger partial charge in [-0.25, -0.2) is 8.42 Å². The molecule has 7 heteroatoms. The third-order valence-electron chi connectivity index (χ3n) is 1.46. The van der Waals surface area contributed by atoms with E-state index in [1.54, 1.807) is 0 Å². The molecule has 0 unspecified atom stereocenters. The zero-order valence-electron chi connectivity index (χ0n) is 7.89. The van der Waals surface area contributed by atoms with Crippen molar-refractivity contribution >= 4 is 9.84 Å². The van der Waals surface area contributed by atoms with E-state index >= 15 is 0 Å². The van der Waals surface area contributed by atoms with Gasteiger partial charge >= 0.3 is 6.18 Å². The van der Waals surface area contributed by atoms with Crippen molar-refractivity contribution in [3.05, 3.63) is 0 Å². The monoisotopic (exact) mass is 233 g/mol. The lowest BCUT2D eigenvalue weighted by Gasteiger charge is -2.06. The molecule has 3 nitrogen and oxygen atoms in total. The van der Waals surface area contributed by atoms with Crippen molar-refractivity contribution < 1.29 is 21.6 Å². The largest absolute Gasteiger partial charge is 0.389 e. The van der Waals surface area contributed by atoms with Gasteiger partial charge < -0.3 is 5.32 Å². The Kier molecular flexibility index (Phi) is 5.43. The molecule has 14 heavy (non-hydrogen) atoms. The molecule has 0 aromatic rings. The second-order valence-corrected chi connectivity index (χ2v) is 5.36. The predicted molar refractivity (Wildman–Crippen MR) is 47.9 cm³/mol. The van der Waals surface area contributed by atoms with Gasteiger partial charge in [-0.3, -0.25) is 0 Å². The molecule has 0 heterocycles. The van der Waals surface area contributed by atoms with Crippen molar-refractivity contribution in [3.63, 3.8) is 0 Å². The summed E-state index contributed by atoms with van der Waals surface area (Å²) in [6.07, 6.45) is -3.89. The lowest BCUT2D eigenvalue weighted by atomic mass is 10.3. The van der Waals surface area contributed by atoms with E-state index in [9.17, 15) is 21.6 Å². The molecule has 1 N–H and O–H groups in total. The van der Waals surface area contributed by atoms with Gasteiger partial charge in [0.25, 0.3) is 0 Å². The van der Waals surface area contributed by atoms with Crippen LogP contribution in [0.5, 0.6) is 0 Å². The van der Waals surface area contributed by atoms with E-state index in [1.165, 1.54) is 0 Å². The maximum Gasteiger partial charge on any atom is 0.389 e. The fourth-order valence-corrected chi connectivity index (χ4v) is 1.31. The summed E-state index contributed by atoms with van der Waals surface area (Å²) in [6.45, 7) is 0.395. The molecule has 0 saturated carbocycles. The van der Waals surface area contributed by atoms with Crippen molar-refractivity contribution in [2.45, 2.75) is 19.0 Å². The molecular weight excluding hydrogens is 219 g/mol. The summed E-state index contributed by atoms with van der Waals surface area (Å²) in [5, 5.41) is 2.64. The minimum absolute atomic E-state index is 0.0206. The molecule has 0 bridgehead atoms. The molecule has 86 valence electrons. The van der Waals surface area contributed by atoms with Crippen LogP contribution in [0.1, 0.15) is 12.8 Å². The van der Waals surface area contributed by atoms with E-state index in [1.807, 2.05) is 0 Å². The summed E-state index contributed by atoms with van der Waals surface area (Å²) in [4.78, 5) is 0. The Labute approximate surface area is 81.6 Å². The Morgan fingerprint density at radius 3 is 2.21 bits per heavy atom. The molecule has 0 radical (unpaired) electrons. The summed E-state index contributed by atoms with van der Waals surface area (Å²) < 4.78 is 56.1. The molecule has 0 spiro atoms. The third-order valence-corrected chi connectivity index (χ3v) is 2.41. The standard InChI is InChI=1S/C7H14F3NO2S/c1-14(12,13)6-5-11-4-2-3-7(8,9)10/h11H,2-6H2,1H3. The molecule has 0 amide bonds. The molecule has 0 aliphatic heterocycles. The maximum absolute atomic E-state index is 11.6. The number of halogens is 3. The zero-order valence-corrected chi connectivity index (χ0v) is 8.71. The smallest absolute Gasteiger partial charge is 0.316 e. The van der Waals surface area contributed by atoms with Crippen molar-refractivity contribution in [1.29, 1.82) is 0 Å². The molecular formula is C7H14F3NO2S. The summed E-state index contributed by atoms with van der Waals surface area (Å²) in [6, 6.07) is 0. The first-order valence-electron chi connectivity index (χ1n) is 4.16. The van der Waals surface area contributed by atoms with Crippen LogP contribution >= 0.6 is 0 Å². The summed E-state index contributed by atoms with van der Waals surface area (Å²) in [7, 11) is -3.02. The second-order valence-electron chi connectivity index (χ2n) is 3.10. The van der Waals surface area contributed by atoms with Crippen molar-refractivity contribution in [3.8, 4) is 0 Å². The molecule has 0 rings (SSSR count). The van der Waals surface area contributed by atoms with Crippen LogP contribution in [0.4, 0.5) is 13.2 Å². The van der Waals surface area contributed by atoms with Gasteiger partial charge in [-0.15, -0.1) is 0 Å². The Morgan fingerprint density at radius 2 is 1.79 bits per heavy atom. The first kappa shape index (κ1) is 13.7. The van der Waals surface area contributed by atoms with E-state index < -0.39 is 22.4 Å². The average molecular weight is 233 g/mol. The number of nitrogens with one attached hydrogen (secondary N) is 1. The van der Waals surface area contributed by atoms with Crippen LogP contribution in [-0.2, 0) is 9.84 Å². The van der Waals surface area contributed by atoms with Gasteiger partial charge in [-0.05, 0) is 13.0 Å². The van der Waals surface area contributed by atoms with Crippen LogP contribution in [0.15, 0.2) is 0 Å². The average Bonchev–Trinajstić information content (AvgIpc) is 1.92. The quantitative estimate of drug-likeness (QED) is 0.695. The van der Waals surface area contributed by atoms with E-state index in [2.05, 4.69) is 5.32 Å². The third kappa shape index (κ3) is 11.7. The fourth-order valence-electron chi connectivity index (χ4n) is 0.796. The SMILES string of the molecule is CS(=O)(=O)CCNCCCC(F)(F)F. The Balaban J connectivity index is 3.32. The van der Waals surface area contributed by atoms with Crippen LogP contribution in [0.2, 0.25) is 0 Å². The number of hydrogen-bond donors (Lipinski definition) is 1. The summed E-state index contributed by atoms with van der Waals surface area (Å²) >= 11 is 0. The van der Waals surface area contributed by atoms with Crippen LogP contribution in [-0.4, -0.2) is 39.7 Å². The lowest BCUT2D eigenvalue weighted by Crippen LogP contribution is -2.24. The Hall–Kier alpha value is -0.300. The maximum atomic E-state index is 11.6. The van der Waals surface area contributed by atoms with E-state index in [4.69, 9.17) is 0 Å². The molecule has 0 saturated heterocycles. The minimum atomic E-state index is -4.13. The molecule has 0 aromatic heterocycles. The van der Waals surface area contributed by atoms with Crippen molar-refractivity contribution in [1.82, 2.24) is 5.32 Å². The van der Waals surface area contributed by atoms with Gasteiger partial charge in [-0.1, -0.05) is 0 Å². The lowest BCUT2D eigenvalue weighted by molar-refractivity contribution is -0.135. The first-order chi connectivity index (χ1) is 6.21. The highest BCUT2D eigenvalue weighted by Gasteiger charge is 2.25. The number of alkyl halides is 3. The van der Waals surface area contributed by atoms with Gasteiger partial charge in [0.2, 0.25) is 0 Å². The van der Waals surface area contributed by atoms with Crippen LogP contribution in [0.3, 0.4) is 0 Å². The van der Waals surface area contributed by atoms with Gasteiger partial charge in [0, 0.05) is 19.2 Å². The van der Waals surface area contributed by atoms with E-state index in [0.29, 0.717) is 0 Å². The molecule has 0 aliphatic carbocycles. The zero-order chi connectivity index (χ0) is 11.2. The Morgan fingerprint density at radius 1 is 1.21 bits per heavy atom. The molecule has 0 fully saturated rings. The molecule has 0 atom stereocenters. The highest BCUT2D eigenvalue weighted by molar-refractivity contribution is 7.90. The predicted octanol–water partition coefficient (Wildman–Crippen LogP) is 0.963. The van der Waals surface area contributed by atoms with E-state index in [0.717, 1.165) is 6.26 Å². The molecule has 0 aromatic carbocycles. The van der Waals surface area contributed by atoms with Crippen LogP contribution < -0.4 is 5.32 Å². The van der Waals surface area contributed by atoms with Gasteiger partial charge in [0.1, 0.15) is 9.84 Å². The Bertz CT molecular complexity index is 248. The second kappa shape index (κ2) is 5.55. The van der Waals surface area contributed by atoms with Gasteiger partial charge in [-0.2, -0.15) is 13.2 Å². The van der Waals surface area contributed by atoms with Gasteiger partial charge in [0.05, 0.1) is 5.75 Å². The first-order valence-corrected chi connectivity index (χ1v) is 6.22. The van der Waals surface area contributed by atoms with E-state index in [-0.39, 0.29) is 25.3 Å². The fraction of sp³-hybridized carbons (Fsp3) is 1.00. The number of sulfone groups is 1. The van der Waals surface area contributed by atoms with Gasteiger partial charge in [0.15, 0.2) is 0 Å². The number of rotatable bonds is 6. The minimum Gasteiger partial charge on any atom is -0.316 e. The number of hydrogen-bond acceptors (Lipinski definition) is 3. The summed E-state index contributed by atoms with van der Waals surface area (Å²) in [5.74, 6) is -0.0426. The van der Waals surface area contributed by atoms with Crippen molar-refractivity contribution in [2.75, 3.05) is 25.1 Å².